The Kier molecular flexibility index (Phi) is 15.4. The first-order valence-electron chi connectivity index (χ1n) is 26.3. The van der Waals surface area contributed by atoms with Gasteiger partial charge in [-0.05, 0) is 67.1 Å². The maximum Gasteiger partial charge on any atom is 0.187 e. The van der Waals surface area contributed by atoms with Crippen LogP contribution >= 0.6 is 0 Å². The minimum Gasteiger partial charge on any atom is -0.394 e. The van der Waals surface area contributed by atoms with Crippen LogP contribution in [0.15, 0.2) is 0 Å². The molecule has 13 N–H and O–H groups in total. The molecule has 31 unspecified atom stereocenters. The summed E-state index contributed by atoms with van der Waals surface area (Å²) in [6.45, 7) is 6.47. The van der Waals surface area contributed by atoms with E-state index in [9.17, 15) is 71.2 Å². The van der Waals surface area contributed by atoms with Crippen molar-refractivity contribution in [1.29, 1.82) is 0 Å². The Morgan fingerprint density at radius 1 is 0.616 bits per heavy atom. The summed E-state index contributed by atoms with van der Waals surface area (Å²) >= 11 is 0. The van der Waals surface area contributed by atoms with E-state index in [4.69, 9.17) is 47.4 Å². The summed E-state index contributed by atoms with van der Waals surface area (Å²) in [5.74, 6) is -0.0823. The maximum atomic E-state index is 14.6. The van der Waals surface area contributed by atoms with E-state index >= 15 is 0 Å². The summed E-state index contributed by atoms with van der Waals surface area (Å²) in [5, 5.41) is 143. The number of aliphatic hydroxyl groups is 13. The molecule has 0 aromatic heterocycles. The summed E-state index contributed by atoms with van der Waals surface area (Å²) in [5.41, 5.74) is -3.10. The first-order valence-corrected chi connectivity index (χ1v) is 26.3. The van der Waals surface area contributed by atoms with Gasteiger partial charge in [0, 0.05) is 30.6 Å². The van der Waals surface area contributed by atoms with Gasteiger partial charge in [0.15, 0.2) is 36.7 Å². The van der Waals surface area contributed by atoms with E-state index in [1.807, 2.05) is 6.92 Å². The predicted molar refractivity (Wildman–Crippen MR) is 239 cm³/mol. The highest BCUT2D eigenvalue weighted by atomic mass is 16.8. The predicted octanol–water partition coefficient (Wildman–Crippen LogP) is -4.37. The fourth-order valence-electron chi connectivity index (χ4n) is 15.4. The third-order valence-electron chi connectivity index (χ3n) is 19.6. The van der Waals surface area contributed by atoms with Gasteiger partial charge in [-0.2, -0.15) is 0 Å². The lowest BCUT2D eigenvalue weighted by Gasteiger charge is -2.64. The highest BCUT2D eigenvalue weighted by Gasteiger charge is 2.73. The minimum atomic E-state index is -2.00. The summed E-state index contributed by atoms with van der Waals surface area (Å²) in [6, 6.07) is 0. The smallest absolute Gasteiger partial charge is 0.187 e. The molecule has 24 heteroatoms. The molecule has 10 rings (SSSR count). The molecular formula is C49H78O24. The Morgan fingerprint density at radius 3 is 1.95 bits per heavy atom. The van der Waals surface area contributed by atoms with Gasteiger partial charge < -0.3 is 114 Å². The molecule has 0 radical (unpaired) electrons. The average molecular weight is 1050 g/mol. The molecule has 0 bridgehead atoms. The third-order valence-corrected chi connectivity index (χ3v) is 19.6. The zero-order valence-electron chi connectivity index (χ0n) is 41.6. The van der Waals surface area contributed by atoms with Crippen LogP contribution in [0.5, 0.6) is 0 Å². The second-order valence-electron chi connectivity index (χ2n) is 23.7. The maximum absolute atomic E-state index is 14.6. The number of aliphatic hydroxyl groups excluding tert-OH is 12. The molecule has 6 aliphatic heterocycles. The van der Waals surface area contributed by atoms with Crippen LogP contribution in [0.1, 0.15) is 79.1 Å². The molecule has 73 heavy (non-hydrogen) atoms. The number of rotatable bonds is 10. The molecule has 0 amide bonds. The number of fused-ring (bicyclic) bond motifs is 7. The molecule has 0 aromatic rings. The minimum absolute atomic E-state index is 0.00954. The van der Waals surface area contributed by atoms with E-state index in [-0.39, 0.29) is 66.2 Å². The normalized spacial score (nSPS) is 58.3. The SMILES string of the molecule is CC1CCC2(OC1)OC1CC3C4CC(=O)C5(O)CC(OC6OC(CO)C(OC7OCC(O)C(OC8OCC(O)C(O)C8O)C7OC7OC(CO)C(O)C(O)C7O)C(O)C6O)C(O)CC5(C)C4CCC3(C)C1C2C. The van der Waals surface area contributed by atoms with Gasteiger partial charge in [-0.25, -0.2) is 0 Å². The summed E-state index contributed by atoms with van der Waals surface area (Å²) in [6.07, 6.45) is -30.5. The highest BCUT2D eigenvalue weighted by Crippen LogP contribution is 2.71. The first-order chi connectivity index (χ1) is 34.5. The lowest BCUT2D eigenvalue weighted by Crippen LogP contribution is -2.70. The lowest BCUT2D eigenvalue weighted by atomic mass is 9.42. The second-order valence-corrected chi connectivity index (χ2v) is 23.7. The Hall–Kier alpha value is -1.25. The molecular weight excluding hydrogens is 973 g/mol. The van der Waals surface area contributed by atoms with Crippen LogP contribution in [0.3, 0.4) is 0 Å². The molecule has 10 aliphatic rings. The van der Waals surface area contributed by atoms with Crippen molar-refractivity contribution in [2.45, 2.75) is 219 Å². The van der Waals surface area contributed by atoms with Crippen molar-refractivity contribution >= 4 is 5.78 Å². The Bertz CT molecular complexity index is 1940. The number of ether oxygens (including phenoxy) is 10. The topological polar surface area (TPSA) is 372 Å². The van der Waals surface area contributed by atoms with Gasteiger partial charge in [0.1, 0.15) is 91.1 Å². The molecule has 6 saturated heterocycles. The van der Waals surface area contributed by atoms with Gasteiger partial charge in [0.05, 0.1) is 51.3 Å². The van der Waals surface area contributed by atoms with Crippen LogP contribution in [-0.4, -0.2) is 246 Å². The zero-order chi connectivity index (χ0) is 52.4. The van der Waals surface area contributed by atoms with Crippen LogP contribution < -0.4 is 0 Å². The number of hydrogen-bond acceptors (Lipinski definition) is 24. The number of ketones is 1. The van der Waals surface area contributed by atoms with Crippen molar-refractivity contribution in [2.75, 3.05) is 33.0 Å². The molecule has 31 atom stereocenters. The summed E-state index contributed by atoms with van der Waals surface area (Å²) < 4.78 is 60.3. The fraction of sp³-hybridized carbons (Fsp3) is 0.980. The zero-order valence-corrected chi connectivity index (χ0v) is 41.6. The van der Waals surface area contributed by atoms with E-state index in [0.29, 0.717) is 12.5 Å². The van der Waals surface area contributed by atoms with Crippen molar-refractivity contribution in [2.24, 2.45) is 46.3 Å². The molecule has 6 heterocycles. The van der Waals surface area contributed by atoms with Gasteiger partial charge in [0.2, 0.25) is 0 Å². The first kappa shape index (κ1) is 55.1. The van der Waals surface area contributed by atoms with E-state index in [2.05, 4.69) is 20.8 Å². The Morgan fingerprint density at radius 2 is 1.25 bits per heavy atom. The van der Waals surface area contributed by atoms with Crippen molar-refractivity contribution in [3.8, 4) is 0 Å². The quantitative estimate of drug-likeness (QED) is 0.0920. The molecule has 0 aromatic carbocycles. The van der Waals surface area contributed by atoms with Crippen LogP contribution in [0, 0.1) is 46.3 Å². The van der Waals surface area contributed by atoms with E-state index < -0.39 is 166 Å². The van der Waals surface area contributed by atoms with Gasteiger partial charge in [-0.1, -0.05) is 27.7 Å². The van der Waals surface area contributed by atoms with Crippen molar-refractivity contribution in [3.05, 3.63) is 0 Å². The van der Waals surface area contributed by atoms with Crippen molar-refractivity contribution < 1.29 is 119 Å². The van der Waals surface area contributed by atoms with E-state index in [0.717, 1.165) is 32.1 Å². The van der Waals surface area contributed by atoms with Gasteiger partial charge in [0.25, 0.3) is 0 Å². The standard InChI is InChI=1S/C49H78O24/c1-18-5-8-49(66-15-18)19(2)31-26(73-49)10-22-20-9-30(55)48(63)12-27(23(52)11-47(48,4)21(20)6-7-46(22,31)3)67-43-38(62)35(59)40(29(14-51)69-43)71-45-41(72-44-37(61)34(58)33(57)28(13-50)68-44)39(25(54)17-65-45)70-42-36(60)32(56)24(53)16-64-42/h18-29,31-45,50-54,56-63H,5-17H2,1-4H3. The summed E-state index contributed by atoms with van der Waals surface area (Å²) in [4.78, 5) is 14.6. The van der Waals surface area contributed by atoms with Crippen LogP contribution in [-0.2, 0) is 52.2 Å². The molecule has 4 aliphatic carbocycles. The van der Waals surface area contributed by atoms with Crippen LogP contribution in [0.2, 0.25) is 0 Å². The number of carbonyl (C=O) groups is 1. The monoisotopic (exact) mass is 1050 g/mol. The number of Topliss-reactive ketones (excluding diaryl/α,β-unsaturated/α-hetero) is 1. The van der Waals surface area contributed by atoms with Crippen LogP contribution in [0.4, 0.5) is 0 Å². The number of hydrogen-bond donors (Lipinski definition) is 13. The van der Waals surface area contributed by atoms with E-state index in [1.54, 1.807) is 0 Å². The van der Waals surface area contributed by atoms with Gasteiger partial charge in [-0.15, -0.1) is 0 Å². The van der Waals surface area contributed by atoms with Crippen molar-refractivity contribution in [3.63, 3.8) is 0 Å². The Labute approximate surface area is 422 Å². The number of carbonyl (C=O) groups excluding carboxylic acids is 1. The average Bonchev–Trinajstić information content (AvgIpc) is 3.81. The highest BCUT2D eigenvalue weighted by molar-refractivity contribution is 5.89. The second kappa shape index (κ2) is 20.4. The largest absolute Gasteiger partial charge is 0.394 e. The molecule has 418 valence electrons. The lowest BCUT2D eigenvalue weighted by molar-refractivity contribution is -0.395. The molecule has 24 nitrogen and oxygen atoms in total. The molecule has 1 spiro atoms. The van der Waals surface area contributed by atoms with E-state index in [1.165, 1.54) is 0 Å². The van der Waals surface area contributed by atoms with Gasteiger partial charge in [-0.3, -0.25) is 4.79 Å². The molecule has 10 fully saturated rings. The van der Waals surface area contributed by atoms with Crippen molar-refractivity contribution in [1.82, 2.24) is 0 Å². The van der Waals surface area contributed by atoms with Crippen LogP contribution in [0.25, 0.3) is 0 Å². The summed E-state index contributed by atoms with van der Waals surface area (Å²) in [7, 11) is 0. The Balaban J connectivity index is 0.831. The molecule has 4 saturated carbocycles. The third kappa shape index (κ3) is 9.00. The van der Waals surface area contributed by atoms with Gasteiger partial charge >= 0.3 is 0 Å². The fourth-order valence-corrected chi connectivity index (χ4v) is 15.4.